The number of nitrogens with one attached hydrogen (secondary N) is 1. The van der Waals surface area contributed by atoms with Gasteiger partial charge in [-0.05, 0) is 56.0 Å². The van der Waals surface area contributed by atoms with Crippen LogP contribution in [0, 0.1) is 5.92 Å². The number of rotatable bonds is 7. The second-order valence-electron chi connectivity index (χ2n) is 7.84. The van der Waals surface area contributed by atoms with Crippen LogP contribution in [0.4, 0.5) is 0 Å². The summed E-state index contributed by atoms with van der Waals surface area (Å²) in [7, 11) is -3.53. The van der Waals surface area contributed by atoms with Crippen molar-refractivity contribution >= 4 is 27.3 Å². The van der Waals surface area contributed by atoms with Gasteiger partial charge in [-0.1, -0.05) is 12.1 Å². The minimum atomic E-state index is -3.53. The quantitative estimate of drug-likeness (QED) is 0.701. The zero-order chi connectivity index (χ0) is 21.0. The van der Waals surface area contributed by atoms with E-state index >= 15 is 0 Å². The number of thiophene rings is 1. The van der Waals surface area contributed by atoms with Crippen molar-refractivity contribution in [1.82, 2.24) is 14.6 Å². The summed E-state index contributed by atoms with van der Waals surface area (Å²) in [4.78, 5) is 17.1. The molecule has 1 N–H and O–H groups in total. The van der Waals surface area contributed by atoms with Crippen molar-refractivity contribution in [2.75, 3.05) is 13.1 Å². The first-order valence-corrected chi connectivity index (χ1v) is 12.8. The lowest BCUT2D eigenvalue weighted by Crippen LogP contribution is -2.45. The molecule has 7 nitrogen and oxygen atoms in total. The molecule has 2 aromatic heterocycles. The molecule has 30 heavy (non-hydrogen) atoms. The summed E-state index contributed by atoms with van der Waals surface area (Å²) in [6.45, 7) is 0.986. The summed E-state index contributed by atoms with van der Waals surface area (Å²) in [5.41, 5.74) is 0.844. The molecule has 0 spiro atoms. The minimum absolute atomic E-state index is 0.128. The Hall–Kier alpha value is -1.97. The molecule has 0 radical (unpaired) electrons. The van der Waals surface area contributed by atoms with Gasteiger partial charge in [0.25, 0.3) is 10.0 Å². The Bertz CT molecular complexity index is 956. The van der Waals surface area contributed by atoms with Gasteiger partial charge in [0.1, 0.15) is 10.3 Å². The van der Waals surface area contributed by atoms with E-state index in [2.05, 4.69) is 10.3 Å². The molecule has 9 heteroatoms. The lowest BCUT2D eigenvalue weighted by Gasteiger charge is -2.30. The second-order valence-corrected chi connectivity index (χ2v) is 11.0. The number of hydrogen-bond acceptors (Lipinski definition) is 6. The molecule has 0 bridgehead atoms. The van der Waals surface area contributed by atoms with Crippen molar-refractivity contribution in [1.29, 1.82) is 0 Å². The largest absolute Gasteiger partial charge is 0.474 e. The number of sulfonamides is 1. The highest BCUT2D eigenvalue weighted by molar-refractivity contribution is 7.91. The van der Waals surface area contributed by atoms with Crippen LogP contribution in [0.3, 0.4) is 0 Å². The lowest BCUT2D eigenvalue weighted by molar-refractivity contribution is -0.126. The SMILES string of the molecule is O=C(NCc1cccnc1OC1CCCC1)[C@@H]1CCCN(S(=O)(=O)c2cccs2)C1. The Morgan fingerprint density at radius 1 is 1.20 bits per heavy atom. The first kappa shape index (κ1) is 21.3. The average Bonchev–Trinajstić information content (AvgIpc) is 3.48. The van der Waals surface area contributed by atoms with Crippen LogP contribution < -0.4 is 10.1 Å². The predicted molar refractivity (Wildman–Crippen MR) is 115 cm³/mol. The van der Waals surface area contributed by atoms with Gasteiger partial charge < -0.3 is 10.1 Å². The topological polar surface area (TPSA) is 88.6 Å². The summed E-state index contributed by atoms with van der Waals surface area (Å²) < 4.78 is 33.4. The number of aromatic nitrogens is 1. The van der Waals surface area contributed by atoms with Gasteiger partial charge in [0.15, 0.2) is 0 Å². The maximum Gasteiger partial charge on any atom is 0.252 e. The number of ether oxygens (including phenoxy) is 1. The fourth-order valence-corrected chi connectivity index (χ4v) is 6.74. The fourth-order valence-electron chi connectivity index (χ4n) is 4.07. The van der Waals surface area contributed by atoms with E-state index in [-0.39, 0.29) is 24.5 Å². The van der Waals surface area contributed by atoms with Gasteiger partial charge >= 0.3 is 0 Å². The third-order valence-electron chi connectivity index (χ3n) is 5.73. The van der Waals surface area contributed by atoms with Crippen LogP contribution >= 0.6 is 11.3 Å². The molecule has 1 aliphatic heterocycles. The molecule has 2 fully saturated rings. The highest BCUT2D eigenvalue weighted by Gasteiger charge is 2.33. The second kappa shape index (κ2) is 9.45. The molecule has 2 aromatic rings. The van der Waals surface area contributed by atoms with Crippen molar-refractivity contribution in [3.8, 4) is 5.88 Å². The number of carbonyl (C=O) groups is 1. The summed E-state index contributed by atoms with van der Waals surface area (Å²) in [5.74, 6) is 0.0938. The minimum Gasteiger partial charge on any atom is -0.474 e. The van der Waals surface area contributed by atoms with Crippen LogP contribution in [0.1, 0.15) is 44.1 Å². The maximum atomic E-state index is 12.8. The average molecular weight is 450 g/mol. The molecule has 0 unspecified atom stereocenters. The van der Waals surface area contributed by atoms with E-state index in [0.717, 1.165) is 18.4 Å². The van der Waals surface area contributed by atoms with E-state index in [1.165, 1.54) is 28.5 Å². The van der Waals surface area contributed by atoms with Crippen LogP contribution in [-0.4, -0.2) is 42.8 Å². The monoisotopic (exact) mass is 449 g/mol. The summed E-state index contributed by atoms with van der Waals surface area (Å²) >= 11 is 1.20. The van der Waals surface area contributed by atoms with E-state index < -0.39 is 10.0 Å². The van der Waals surface area contributed by atoms with E-state index in [4.69, 9.17) is 4.74 Å². The van der Waals surface area contributed by atoms with E-state index in [1.807, 2.05) is 12.1 Å². The van der Waals surface area contributed by atoms with Crippen LogP contribution in [0.5, 0.6) is 5.88 Å². The van der Waals surface area contributed by atoms with Crippen molar-refractivity contribution in [3.63, 3.8) is 0 Å². The first-order valence-electron chi connectivity index (χ1n) is 10.5. The standard InChI is InChI=1S/C21H27N3O4S2/c25-20(17-7-4-12-24(15-17)30(26,27)19-10-5-13-29-19)23-14-16-6-3-11-22-21(16)28-18-8-1-2-9-18/h3,5-6,10-11,13,17-18H,1-2,4,7-9,12,14-15H2,(H,23,25)/t17-/m1/s1. The molecule has 0 aromatic carbocycles. The van der Waals surface area contributed by atoms with Gasteiger partial charge in [-0.3, -0.25) is 4.79 Å². The zero-order valence-electron chi connectivity index (χ0n) is 16.8. The van der Waals surface area contributed by atoms with Crippen LogP contribution in [0.2, 0.25) is 0 Å². The lowest BCUT2D eigenvalue weighted by atomic mass is 9.99. The molecule has 1 saturated heterocycles. The molecule has 3 heterocycles. The molecule has 1 saturated carbocycles. The van der Waals surface area contributed by atoms with Crippen molar-refractivity contribution in [3.05, 3.63) is 41.4 Å². The summed E-state index contributed by atoms with van der Waals surface area (Å²) in [6.07, 6.45) is 7.68. The molecule has 2 aliphatic rings. The Kier molecular flexibility index (Phi) is 6.70. The highest BCUT2D eigenvalue weighted by Crippen LogP contribution is 2.27. The number of pyridine rings is 1. The number of carbonyl (C=O) groups excluding carboxylic acids is 1. The van der Waals surface area contributed by atoms with Crippen LogP contribution in [0.15, 0.2) is 40.1 Å². The Morgan fingerprint density at radius 2 is 2.03 bits per heavy atom. The molecule has 4 rings (SSSR count). The van der Waals surface area contributed by atoms with E-state index in [1.54, 1.807) is 23.7 Å². The smallest absolute Gasteiger partial charge is 0.252 e. The molecule has 1 atom stereocenters. The van der Waals surface area contributed by atoms with Gasteiger partial charge in [-0.25, -0.2) is 13.4 Å². The predicted octanol–water partition coefficient (Wildman–Crippen LogP) is 3.18. The first-order chi connectivity index (χ1) is 14.5. The normalized spacial score (nSPS) is 20.9. The third kappa shape index (κ3) is 4.84. The molecule has 1 aliphatic carbocycles. The summed E-state index contributed by atoms with van der Waals surface area (Å²) in [6, 6.07) is 7.08. The van der Waals surface area contributed by atoms with Crippen LogP contribution in [-0.2, 0) is 21.4 Å². The maximum absolute atomic E-state index is 12.8. The number of amides is 1. The van der Waals surface area contributed by atoms with E-state index in [0.29, 0.717) is 36.0 Å². The van der Waals surface area contributed by atoms with Gasteiger partial charge in [0, 0.05) is 31.4 Å². The van der Waals surface area contributed by atoms with Gasteiger partial charge in [0.05, 0.1) is 5.92 Å². The third-order valence-corrected chi connectivity index (χ3v) is 8.97. The van der Waals surface area contributed by atoms with Gasteiger partial charge in [0.2, 0.25) is 11.8 Å². The van der Waals surface area contributed by atoms with Gasteiger partial charge in [-0.15, -0.1) is 11.3 Å². The summed E-state index contributed by atoms with van der Waals surface area (Å²) in [5, 5.41) is 4.71. The van der Waals surface area contributed by atoms with Gasteiger partial charge in [-0.2, -0.15) is 4.31 Å². The Labute approximate surface area is 181 Å². The Balaban J connectivity index is 1.36. The number of piperidine rings is 1. The van der Waals surface area contributed by atoms with Crippen molar-refractivity contribution in [2.45, 2.75) is 55.4 Å². The number of hydrogen-bond donors (Lipinski definition) is 1. The van der Waals surface area contributed by atoms with Crippen molar-refractivity contribution < 1.29 is 17.9 Å². The molecular weight excluding hydrogens is 422 g/mol. The van der Waals surface area contributed by atoms with Crippen LogP contribution in [0.25, 0.3) is 0 Å². The molecule has 1 amide bonds. The zero-order valence-corrected chi connectivity index (χ0v) is 18.5. The van der Waals surface area contributed by atoms with E-state index in [9.17, 15) is 13.2 Å². The Morgan fingerprint density at radius 3 is 2.80 bits per heavy atom. The highest BCUT2D eigenvalue weighted by atomic mass is 32.2. The van der Waals surface area contributed by atoms with Crippen molar-refractivity contribution in [2.24, 2.45) is 5.92 Å². The number of nitrogens with zero attached hydrogens (tertiary/aromatic N) is 2. The fraction of sp³-hybridized carbons (Fsp3) is 0.524. The molecular formula is C21H27N3O4S2. The molecule has 162 valence electrons.